The third kappa shape index (κ3) is 7.83. The molecule has 0 radical (unpaired) electrons. The summed E-state index contributed by atoms with van der Waals surface area (Å²) in [6.45, 7) is 3.91. The third-order valence-corrected chi connectivity index (χ3v) is 6.70. The number of benzene rings is 2. The number of nitrogens with zero attached hydrogens (tertiary/aromatic N) is 2. The van der Waals surface area contributed by atoms with E-state index >= 15 is 0 Å². The topological polar surface area (TPSA) is 128 Å². The highest BCUT2D eigenvalue weighted by Crippen LogP contribution is 2.24. The molecular formula is C26H32N4O6S. The highest BCUT2D eigenvalue weighted by Gasteiger charge is 2.43. The van der Waals surface area contributed by atoms with Crippen molar-refractivity contribution in [2.75, 3.05) is 0 Å². The molecule has 2 amide bonds. The van der Waals surface area contributed by atoms with Gasteiger partial charge in [-0.1, -0.05) is 86.7 Å². The zero-order chi connectivity index (χ0) is 26.8. The number of carbonyl (C=O) groups is 2. The summed E-state index contributed by atoms with van der Waals surface area (Å²) in [5.74, 6) is -1.96. The number of hydrazine groups is 1. The second kappa shape index (κ2) is 12.9. The lowest BCUT2D eigenvalue weighted by Crippen LogP contribution is -2.58. The fourth-order valence-electron chi connectivity index (χ4n) is 3.56. The van der Waals surface area contributed by atoms with Crippen LogP contribution in [0, 0.1) is 5.92 Å². The molecule has 0 aliphatic carbocycles. The maximum absolute atomic E-state index is 13.4. The Balaban J connectivity index is 1.89. The highest BCUT2D eigenvalue weighted by atomic mass is 32.2. The van der Waals surface area contributed by atoms with E-state index in [1.54, 1.807) is 12.2 Å². The third-order valence-electron chi connectivity index (χ3n) is 5.47. The zero-order valence-corrected chi connectivity index (χ0v) is 21.6. The Bertz CT molecular complexity index is 1220. The van der Waals surface area contributed by atoms with Gasteiger partial charge in [0.25, 0.3) is 5.91 Å². The van der Waals surface area contributed by atoms with Crippen LogP contribution in [0.3, 0.4) is 0 Å². The maximum atomic E-state index is 13.4. The number of carbonyl (C=O) groups excluding carboxylic acids is 2. The van der Waals surface area contributed by atoms with Crippen LogP contribution in [0.2, 0.25) is 0 Å². The van der Waals surface area contributed by atoms with Gasteiger partial charge in [-0.05, 0) is 29.9 Å². The molecule has 0 spiro atoms. The number of amides is 2. The van der Waals surface area contributed by atoms with Crippen LogP contribution in [0.5, 0.6) is 0 Å². The van der Waals surface area contributed by atoms with Gasteiger partial charge in [0.05, 0.1) is 12.8 Å². The van der Waals surface area contributed by atoms with Crippen molar-refractivity contribution in [1.82, 2.24) is 19.6 Å². The molecule has 11 heteroatoms. The summed E-state index contributed by atoms with van der Waals surface area (Å²) < 4.78 is 27.9. The average molecular weight is 529 g/mol. The molecule has 1 aliphatic rings. The van der Waals surface area contributed by atoms with E-state index in [4.69, 9.17) is 4.84 Å². The molecule has 0 fully saturated rings. The number of hydrogen-bond acceptors (Lipinski definition) is 6. The number of nitrogens with one attached hydrogen (secondary N) is 2. The van der Waals surface area contributed by atoms with E-state index in [1.165, 1.54) is 0 Å². The first-order valence-electron chi connectivity index (χ1n) is 11.9. The lowest BCUT2D eigenvalue weighted by atomic mass is 10.1. The SMILES string of the molecule is CC(C)CCC(=O)N([C@@H](CC=Cc1ccccc1)C(=O)NOCc1ccccc1)N1C(O)=CNS1(=O)=O. The largest absolute Gasteiger partial charge is 0.492 e. The second-order valence-electron chi connectivity index (χ2n) is 8.84. The number of aliphatic hydroxyl groups excluding tert-OH is 1. The number of aliphatic hydroxyl groups is 1. The first-order valence-corrected chi connectivity index (χ1v) is 13.3. The Morgan fingerprint density at radius 3 is 2.35 bits per heavy atom. The first-order chi connectivity index (χ1) is 17.7. The fraction of sp³-hybridized carbons (Fsp3) is 0.308. The minimum Gasteiger partial charge on any atom is -0.492 e. The fourth-order valence-corrected chi connectivity index (χ4v) is 4.65. The van der Waals surface area contributed by atoms with Crippen molar-refractivity contribution in [3.05, 3.63) is 89.9 Å². The van der Waals surface area contributed by atoms with Gasteiger partial charge in [0, 0.05) is 6.42 Å². The number of hydrogen-bond donors (Lipinski definition) is 3. The van der Waals surface area contributed by atoms with Crippen LogP contribution in [0.4, 0.5) is 0 Å². The normalized spacial score (nSPS) is 15.3. The van der Waals surface area contributed by atoms with E-state index in [0.717, 1.165) is 22.3 Å². The van der Waals surface area contributed by atoms with Gasteiger partial charge in [-0.3, -0.25) is 19.1 Å². The molecule has 0 aromatic heterocycles. The summed E-state index contributed by atoms with van der Waals surface area (Å²) in [5, 5.41) is 11.1. The van der Waals surface area contributed by atoms with Crippen LogP contribution in [0.1, 0.15) is 44.2 Å². The predicted octanol–water partition coefficient (Wildman–Crippen LogP) is 3.39. The van der Waals surface area contributed by atoms with Gasteiger partial charge in [0.15, 0.2) is 0 Å². The van der Waals surface area contributed by atoms with Gasteiger partial charge in [0.2, 0.25) is 11.8 Å². The van der Waals surface area contributed by atoms with Crippen molar-refractivity contribution in [1.29, 1.82) is 0 Å². The maximum Gasteiger partial charge on any atom is 0.344 e. The van der Waals surface area contributed by atoms with Crippen LogP contribution in [0.25, 0.3) is 6.08 Å². The molecule has 1 heterocycles. The molecule has 1 atom stereocenters. The molecule has 198 valence electrons. The summed E-state index contributed by atoms with van der Waals surface area (Å²) in [4.78, 5) is 32.1. The van der Waals surface area contributed by atoms with Crippen molar-refractivity contribution in [3.63, 3.8) is 0 Å². The predicted molar refractivity (Wildman–Crippen MR) is 139 cm³/mol. The van der Waals surface area contributed by atoms with E-state index in [1.807, 2.05) is 79.2 Å². The van der Waals surface area contributed by atoms with E-state index in [0.29, 0.717) is 10.8 Å². The number of hydroxylamine groups is 1. The minimum absolute atomic E-state index is 0.0337. The quantitative estimate of drug-likeness (QED) is 0.362. The molecular weight excluding hydrogens is 496 g/mol. The summed E-state index contributed by atoms with van der Waals surface area (Å²) in [5.41, 5.74) is 4.00. The van der Waals surface area contributed by atoms with Crippen molar-refractivity contribution in [2.24, 2.45) is 5.92 Å². The molecule has 3 rings (SSSR count). The molecule has 10 nitrogen and oxygen atoms in total. The number of rotatable bonds is 12. The zero-order valence-electron chi connectivity index (χ0n) is 20.8. The monoisotopic (exact) mass is 528 g/mol. The standard InChI is InChI=1S/C26H32N4O6S/c1-20(2)16-17-24(31)29(30-25(32)18-27-37(30,34)35)23(15-9-14-21-10-5-3-6-11-21)26(33)28-36-19-22-12-7-4-8-13-22/h3-14,18,20,23,27,32H,15-17,19H2,1-2H3,(H,28,33)/t23-/m0/s1. The average Bonchev–Trinajstić information content (AvgIpc) is 3.15. The van der Waals surface area contributed by atoms with Crippen molar-refractivity contribution in [2.45, 2.75) is 45.8 Å². The highest BCUT2D eigenvalue weighted by molar-refractivity contribution is 7.87. The van der Waals surface area contributed by atoms with E-state index in [2.05, 4.69) is 5.48 Å². The van der Waals surface area contributed by atoms with Gasteiger partial charge in [0.1, 0.15) is 6.04 Å². The van der Waals surface area contributed by atoms with Crippen LogP contribution in [-0.4, -0.2) is 40.8 Å². The Morgan fingerprint density at radius 2 is 1.76 bits per heavy atom. The van der Waals surface area contributed by atoms with Crippen molar-refractivity contribution in [3.8, 4) is 0 Å². The van der Waals surface area contributed by atoms with Crippen LogP contribution in [0.15, 0.2) is 78.8 Å². The molecule has 0 saturated heterocycles. The lowest BCUT2D eigenvalue weighted by Gasteiger charge is -2.36. The summed E-state index contributed by atoms with van der Waals surface area (Å²) >= 11 is 0. The molecule has 2 aromatic carbocycles. The van der Waals surface area contributed by atoms with Gasteiger partial charge < -0.3 is 5.11 Å². The molecule has 3 N–H and O–H groups in total. The van der Waals surface area contributed by atoms with Gasteiger partial charge in [-0.2, -0.15) is 8.42 Å². The Labute approximate surface area is 217 Å². The van der Waals surface area contributed by atoms with Crippen LogP contribution >= 0.6 is 0 Å². The summed E-state index contributed by atoms with van der Waals surface area (Å²) in [6, 6.07) is 17.1. The Morgan fingerprint density at radius 1 is 1.11 bits per heavy atom. The molecule has 1 aliphatic heterocycles. The van der Waals surface area contributed by atoms with Crippen molar-refractivity contribution < 1.29 is 28.0 Å². The van der Waals surface area contributed by atoms with Gasteiger partial charge >= 0.3 is 10.2 Å². The lowest BCUT2D eigenvalue weighted by molar-refractivity contribution is -0.158. The minimum atomic E-state index is -4.34. The van der Waals surface area contributed by atoms with Gasteiger partial charge in [-0.25, -0.2) is 10.5 Å². The summed E-state index contributed by atoms with van der Waals surface area (Å²) in [7, 11) is -4.34. The molecule has 2 aromatic rings. The van der Waals surface area contributed by atoms with E-state index in [9.17, 15) is 23.1 Å². The molecule has 0 bridgehead atoms. The van der Waals surface area contributed by atoms with Gasteiger partial charge in [-0.15, -0.1) is 4.41 Å². The van der Waals surface area contributed by atoms with Crippen LogP contribution in [-0.2, 0) is 31.2 Å². The first kappa shape index (κ1) is 27.8. The van der Waals surface area contributed by atoms with Crippen LogP contribution < -0.4 is 10.2 Å². The van der Waals surface area contributed by atoms with Crippen molar-refractivity contribution >= 4 is 28.1 Å². The summed E-state index contributed by atoms with van der Waals surface area (Å²) in [6.07, 6.45) is 4.64. The van der Waals surface area contributed by atoms with E-state index < -0.39 is 33.9 Å². The second-order valence-corrected chi connectivity index (χ2v) is 10.4. The molecule has 37 heavy (non-hydrogen) atoms. The van der Waals surface area contributed by atoms with E-state index in [-0.39, 0.29) is 25.4 Å². The molecule has 0 saturated carbocycles. The Kier molecular flexibility index (Phi) is 9.70. The smallest absolute Gasteiger partial charge is 0.344 e. The Hall–Kier alpha value is -3.83. The molecule has 0 unspecified atom stereocenters.